The van der Waals surface area contributed by atoms with Gasteiger partial charge in [-0.25, -0.2) is 0 Å². The molecule has 1 aromatic heterocycles. The summed E-state index contributed by atoms with van der Waals surface area (Å²) in [5.41, 5.74) is 2.92. The number of benzene rings is 2. The van der Waals surface area contributed by atoms with E-state index in [9.17, 15) is 4.79 Å². The maximum atomic E-state index is 12.7. The first-order valence-electron chi connectivity index (χ1n) is 10.5. The van der Waals surface area contributed by atoms with E-state index in [1.807, 2.05) is 47.8 Å². The first-order chi connectivity index (χ1) is 15.7. The van der Waals surface area contributed by atoms with Gasteiger partial charge in [-0.2, -0.15) is 0 Å². The molecule has 0 unspecified atom stereocenters. The third-order valence-corrected chi connectivity index (χ3v) is 6.30. The van der Waals surface area contributed by atoms with Crippen molar-refractivity contribution in [2.75, 3.05) is 38.4 Å². The maximum Gasteiger partial charge on any atom is 0.265 e. The Kier molecular flexibility index (Phi) is 6.24. The lowest BCUT2D eigenvalue weighted by atomic mass is 10.2. The predicted molar refractivity (Wildman–Crippen MR) is 122 cm³/mol. The van der Waals surface area contributed by atoms with Crippen LogP contribution >= 0.6 is 11.3 Å². The summed E-state index contributed by atoms with van der Waals surface area (Å²) in [7, 11) is 0. The Balaban J connectivity index is 1.16. The van der Waals surface area contributed by atoms with Gasteiger partial charge in [0.25, 0.3) is 5.91 Å². The number of hydrogen-bond acceptors (Lipinski definition) is 7. The van der Waals surface area contributed by atoms with Crippen LogP contribution in [0.15, 0.2) is 53.9 Å². The molecule has 0 atom stereocenters. The van der Waals surface area contributed by atoms with Gasteiger partial charge >= 0.3 is 0 Å². The molecule has 32 heavy (non-hydrogen) atoms. The minimum absolute atomic E-state index is 0.118. The molecule has 1 N–H and O–H groups in total. The first kappa shape index (κ1) is 20.8. The highest BCUT2D eigenvalue weighted by molar-refractivity contribution is 7.12. The summed E-state index contributed by atoms with van der Waals surface area (Å²) < 4.78 is 21.9. The summed E-state index contributed by atoms with van der Waals surface area (Å²) in [6.45, 7) is 4.88. The van der Waals surface area contributed by atoms with Gasteiger partial charge in [-0.1, -0.05) is 12.1 Å². The number of hydrogen-bond donors (Lipinski definition) is 1. The minimum Gasteiger partial charge on any atom is -0.489 e. The van der Waals surface area contributed by atoms with Crippen LogP contribution in [0.4, 0.5) is 5.69 Å². The van der Waals surface area contributed by atoms with Crippen molar-refractivity contribution in [2.24, 2.45) is 0 Å². The van der Waals surface area contributed by atoms with Crippen molar-refractivity contribution in [3.63, 3.8) is 0 Å². The summed E-state index contributed by atoms with van der Waals surface area (Å²) in [4.78, 5) is 15.7. The molecule has 2 aromatic carbocycles. The van der Waals surface area contributed by atoms with Crippen LogP contribution in [-0.2, 0) is 17.9 Å². The molecule has 1 fully saturated rings. The topological polar surface area (TPSA) is 69.3 Å². The number of rotatable bonds is 7. The highest BCUT2D eigenvalue weighted by Gasteiger charge is 2.15. The molecular formula is C24H24N2O5S. The SMILES string of the molecule is O=C(Nc1cccc(CN2CCOCC2)c1)c1cc(COc2ccc3c(c2)OCO3)cs1. The summed E-state index contributed by atoms with van der Waals surface area (Å²) in [5.74, 6) is 1.99. The number of nitrogens with one attached hydrogen (secondary N) is 1. The third-order valence-electron chi connectivity index (χ3n) is 5.32. The Bertz CT molecular complexity index is 1090. The van der Waals surface area contributed by atoms with E-state index in [0.29, 0.717) is 23.0 Å². The zero-order valence-corrected chi connectivity index (χ0v) is 18.4. The summed E-state index contributed by atoms with van der Waals surface area (Å²) in [5, 5.41) is 4.95. The lowest BCUT2D eigenvalue weighted by Gasteiger charge is -2.26. The van der Waals surface area contributed by atoms with Gasteiger partial charge in [0, 0.05) is 37.0 Å². The van der Waals surface area contributed by atoms with Crippen molar-refractivity contribution >= 4 is 22.9 Å². The Morgan fingerprint density at radius 2 is 1.91 bits per heavy atom. The molecule has 2 aliphatic rings. The summed E-state index contributed by atoms with van der Waals surface area (Å²) in [6, 6.07) is 15.4. The van der Waals surface area contributed by atoms with Crippen molar-refractivity contribution in [2.45, 2.75) is 13.2 Å². The zero-order chi connectivity index (χ0) is 21.8. The normalized spacial score (nSPS) is 15.5. The van der Waals surface area contributed by atoms with Crippen molar-refractivity contribution in [3.8, 4) is 17.2 Å². The molecule has 1 saturated heterocycles. The second-order valence-electron chi connectivity index (χ2n) is 7.67. The number of nitrogens with zero attached hydrogens (tertiary/aromatic N) is 1. The largest absolute Gasteiger partial charge is 0.489 e. The third kappa shape index (κ3) is 5.04. The second kappa shape index (κ2) is 9.60. The van der Waals surface area contributed by atoms with Crippen LogP contribution < -0.4 is 19.5 Å². The van der Waals surface area contributed by atoms with Crippen LogP contribution in [0.25, 0.3) is 0 Å². The van der Waals surface area contributed by atoms with E-state index >= 15 is 0 Å². The molecule has 1 amide bonds. The zero-order valence-electron chi connectivity index (χ0n) is 17.5. The van der Waals surface area contributed by atoms with Gasteiger partial charge in [0.2, 0.25) is 6.79 Å². The Hall–Kier alpha value is -3.07. The number of fused-ring (bicyclic) bond motifs is 1. The van der Waals surface area contributed by atoms with Crippen LogP contribution in [0.5, 0.6) is 17.2 Å². The molecule has 7 nitrogen and oxygen atoms in total. The highest BCUT2D eigenvalue weighted by Crippen LogP contribution is 2.35. The van der Waals surface area contributed by atoms with E-state index in [1.54, 1.807) is 0 Å². The van der Waals surface area contributed by atoms with Gasteiger partial charge in [0.05, 0.1) is 18.1 Å². The lowest BCUT2D eigenvalue weighted by Crippen LogP contribution is -2.35. The van der Waals surface area contributed by atoms with E-state index in [2.05, 4.69) is 16.3 Å². The van der Waals surface area contributed by atoms with E-state index in [0.717, 1.165) is 49.8 Å². The van der Waals surface area contributed by atoms with Crippen molar-refractivity contribution in [1.29, 1.82) is 0 Å². The fourth-order valence-corrected chi connectivity index (χ4v) is 4.45. The minimum atomic E-state index is -0.118. The van der Waals surface area contributed by atoms with Crippen LogP contribution in [0.3, 0.4) is 0 Å². The van der Waals surface area contributed by atoms with Crippen molar-refractivity contribution < 1.29 is 23.7 Å². The average molecular weight is 453 g/mol. The van der Waals surface area contributed by atoms with Crippen LogP contribution in [-0.4, -0.2) is 43.9 Å². The molecule has 3 aromatic rings. The van der Waals surface area contributed by atoms with E-state index in [1.165, 1.54) is 16.9 Å². The summed E-state index contributed by atoms with van der Waals surface area (Å²) in [6.07, 6.45) is 0. The molecule has 0 radical (unpaired) electrons. The van der Waals surface area contributed by atoms with Gasteiger partial charge in [-0.05, 0) is 41.3 Å². The smallest absolute Gasteiger partial charge is 0.265 e. The molecule has 0 saturated carbocycles. The van der Waals surface area contributed by atoms with Crippen LogP contribution in [0, 0.1) is 0 Å². The van der Waals surface area contributed by atoms with Gasteiger partial charge in [-0.3, -0.25) is 9.69 Å². The number of carbonyl (C=O) groups excluding carboxylic acids is 1. The van der Waals surface area contributed by atoms with Gasteiger partial charge in [0.1, 0.15) is 12.4 Å². The number of carbonyl (C=O) groups is 1. The average Bonchev–Trinajstić information content (AvgIpc) is 3.48. The molecule has 5 rings (SSSR count). The number of amides is 1. The number of thiophene rings is 1. The Labute approximate surface area is 190 Å². The van der Waals surface area contributed by atoms with Crippen LogP contribution in [0.1, 0.15) is 20.8 Å². The molecule has 3 heterocycles. The maximum absolute atomic E-state index is 12.7. The molecular weight excluding hydrogens is 428 g/mol. The number of morpholine rings is 1. The Morgan fingerprint density at radius 3 is 2.81 bits per heavy atom. The fourth-order valence-electron chi connectivity index (χ4n) is 3.66. The second-order valence-corrected chi connectivity index (χ2v) is 8.58. The highest BCUT2D eigenvalue weighted by atomic mass is 32.1. The van der Waals surface area contributed by atoms with E-state index < -0.39 is 0 Å². The molecule has 8 heteroatoms. The fraction of sp³-hybridized carbons (Fsp3) is 0.292. The standard InChI is InChI=1S/C24H24N2O5S/c27-24(25-19-3-1-2-17(10-19)13-26-6-8-28-9-7-26)23-11-18(15-32-23)14-29-20-4-5-21-22(12-20)31-16-30-21/h1-5,10-12,15H,6-9,13-14,16H2,(H,25,27). The Morgan fingerprint density at radius 1 is 1.03 bits per heavy atom. The molecule has 0 spiro atoms. The quantitative estimate of drug-likeness (QED) is 0.581. The van der Waals surface area contributed by atoms with Crippen molar-refractivity contribution in [1.82, 2.24) is 4.90 Å². The van der Waals surface area contributed by atoms with Gasteiger partial charge in [-0.15, -0.1) is 11.3 Å². The molecule has 166 valence electrons. The monoisotopic (exact) mass is 452 g/mol. The summed E-state index contributed by atoms with van der Waals surface area (Å²) >= 11 is 1.41. The number of ether oxygens (including phenoxy) is 4. The first-order valence-corrected chi connectivity index (χ1v) is 11.4. The number of anilines is 1. The van der Waals surface area contributed by atoms with Crippen molar-refractivity contribution in [3.05, 3.63) is 69.9 Å². The van der Waals surface area contributed by atoms with Gasteiger partial charge in [0.15, 0.2) is 11.5 Å². The predicted octanol–water partition coefficient (Wildman–Crippen LogP) is 4.14. The molecule has 0 aliphatic carbocycles. The molecule has 2 aliphatic heterocycles. The molecule has 0 bridgehead atoms. The van der Waals surface area contributed by atoms with E-state index in [-0.39, 0.29) is 12.7 Å². The van der Waals surface area contributed by atoms with E-state index in [4.69, 9.17) is 18.9 Å². The lowest BCUT2D eigenvalue weighted by molar-refractivity contribution is 0.0342. The van der Waals surface area contributed by atoms with Crippen LogP contribution in [0.2, 0.25) is 0 Å². The van der Waals surface area contributed by atoms with Gasteiger partial charge < -0.3 is 24.3 Å².